The van der Waals surface area contributed by atoms with Crippen LogP contribution in [0, 0.1) is 0 Å². The molecule has 9 heteroatoms. The maximum absolute atomic E-state index is 14.2. The maximum atomic E-state index is 14.2. The number of rotatable bonds is 4. The van der Waals surface area contributed by atoms with Crippen LogP contribution in [0.25, 0.3) is 0 Å². The SMILES string of the molecule is OCC(F)(F)[C@H](c1ccc(Cl)c(C(F)(F)F)c1)N1CCNCC1. The molecule has 130 valence electrons. The fraction of sp³-hybridized carbons (Fsp3) is 0.571. The first-order chi connectivity index (χ1) is 10.7. The molecule has 0 saturated carbocycles. The Hall–Kier alpha value is -0.960. The summed E-state index contributed by atoms with van der Waals surface area (Å²) in [4.78, 5) is 1.37. The largest absolute Gasteiger partial charge is 0.417 e. The van der Waals surface area contributed by atoms with Crippen LogP contribution in [0.5, 0.6) is 0 Å². The van der Waals surface area contributed by atoms with E-state index in [2.05, 4.69) is 5.32 Å². The van der Waals surface area contributed by atoms with E-state index in [1.807, 2.05) is 0 Å². The van der Waals surface area contributed by atoms with Crippen molar-refractivity contribution in [3.8, 4) is 0 Å². The number of piperazine rings is 1. The molecule has 0 radical (unpaired) electrons. The molecular formula is C14H16ClF5N2O. The Balaban J connectivity index is 2.47. The van der Waals surface area contributed by atoms with Gasteiger partial charge in [-0.3, -0.25) is 4.90 Å². The molecule has 23 heavy (non-hydrogen) atoms. The van der Waals surface area contributed by atoms with Crippen molar-refractivity contribution in [1.29, 1.82) is 0 Å². The second-order valence-electron chi connectivity index (χ2n) is 5.34. The topological polar surface area (TPSA) is 35.5 Å². The smallest absolute Gasteiger partial charge is 0.390 e. The minimum absolute atomic E-state index is 0.220. The second-order valence-corrected chi connectivity index (χ2v) is 5.75. The van der Waals surface area contributed by atoms with E-state index >= 15 is 0 Å². The highest BCUT2D eigenvalue weighted by atomic mass is 35.5. The summed E-state index contributed by atoms with van der Waals surface area (Å²) in [6.07, 6.45) is -4.74. The van der Waals surface area contributed by atoms with Crippen LogP contribution < -0.4 is 5.32 Å². The molecule has 1 aromatic carbocycles. The Kier molecular flexibility index (Phi) is 5.50. The molecule has 1 saturated heterocycles. The lowest BCUT2D eigenvalue weighted by Crippen LogP contribution is -2.51. The summed E-state index contributed by atoms with van der Waals surface area (Å²) in [7, 11) is 0. The zero-order valence-electron chi connectivity index (χ0n) is 12.0. The van der Waals surface area contributed by atoms with Crippen LogP contribution in [0.2, 0.25) is 5.02 Å². The van der Waals surface area contributed by atoms with Crippen molar-refractivity contribution in [2.45, 2.75) is 18.1 Å². The van der Waals surface area contributed by atoms with Crippen molar-refractivity contribution in [2.24, 2.45) is 0 Å². The van der Waals surface area contributed by atoms with Crippen LogP contribution in [0.4, 0.5) is 22.0 Å². The first-order valence-corrected chi connectivity index (χ1v) is 7.34. The summed E-state index contributed by atoms with van der Waals surface area (Å²) in [5.74, 6) is -3.58. The van der Waals surface area contributed by atoms with Crippen LogP contribution in [0.3, 0.4) is 0 Å². The summed E-state index contributed by atoms with van der Waals surface area (Å²) >= 11 is 5.54. The van der Waals surface area contributed by atoms with Gasteiger partial charge in [0.1, 0.15) is 12.6 Å². The average molecular weight is 359 g/mol. The minimum Gasteiger partial charge on any atom is -0.390 e. The normalized spacial score (nSPS) is 18.9. The van der Waals surface area contributed by atoms with Gasteiger partial charge in [-0.25, -0.2) is 8.78 Å². The van der Waals surface area contributed by atoms with Crippen molar-refractivity contribution < 1.29 is 27.1 Å². The Morgan fingerprint density at radius 2 is 1.78 bits per heavy atom. The number of nitrogens with one attached hydrogen (secondary N) is 1. The third kappa shape index (κ3) is 4.12. The number of benzene rings is 1. The lowest BCUT2D eigenvalue weighted by molar-refractivity contribution is -0.138. The quantitative estimate of drug-likeness (QED) is 0.812. The molecule has 0 aliphatic carbocycles. The summed E-state index contributed by atoms with van der Waals surface area (Å²) in [5.41, 5.74) is -1.38. The van der Waals surface area contributed by atoms with Gasteiger partial charge in [0.25, 0.3) is 5.92 Å². The van der Waals surface area contributed by atoms with Crippen LogP contribution in [-0.2, 0) is 6.18 Å². The Morgan fingerprint density at radius 3 is 2.30 bits per heavy atom. The molecule has 0 spiro atoms. The Morgan fingerprint density at radius 1 is 1.17 bits per heavy atom. The number of aliphatic hydroxyl groups excluding tert-OH is 1. The molecule has 2 rings (SSSR count). The van der Waals surface area contributed by atoms with Crippen molar-refractivity contribution in [3.05, 3.63) is 34.3 Å². The monoisotopic (exact) mass is 358 g/mol. The van der Waals surface area contributed by atoms with Crippen LogP contribution >= 0.6 is 11.6 Å². The fourth-order valence-electron chi connectivity index (χ4n) is 2.68. The van der Waals surface area contributed by atoms with E-state index < -0.39 is 35.3 Å². The third-order valence-corrected chi connectivity index (χ3v) is 4.07. The molecule has 3 nitrogen and oxygen atoms in total. The van der Waals surface area contributed by atoms with Crippen LogP contribution in [0.15, 0.2) is 18.2 Å². The van der Waals surface area contributed by atoms with Crippen molar-refractivity contribution in [3.63, 3.8) is 0 Å². The summed E-state index contributed by atoms with van der Waals surface area (Å²) in [6, 6.07) is 1.10. The van der Waals surface area contributed by atoms with Gasteiger partial charge in [0, 0.05) is 26.2 Å². The number of hydrogen-bond acceptors (Lipinski definition) is 3. The summed E-state index contributed by atoms with van der Waals surface area (Å²) in [5, 5.41) is 11.4. The van der Waals surface area contributed by atoms with Gasteiger partial charge in [-0.1, -0.05) is 17.7 Å². The second kappa shape index (κ2) is 6.88. The molecule has 0 amide bonds. The summed E-state index contributed by atoms with van der Waals surface area (Å²) in [6.45, 7) is -0.0878. The molecular weight excluding hydrogens is 343 g/mol. The van der Waals surface area contributed by atoms with E-state index in [4.69, 9.17) is 16.7 Å². The molecule has 1 fully saturated rings. The lowest BCUT2D eigenvalue weighted by atomic mass is 9.96. The van der Waals surface area contributed by atoms with E-state index in [1.54, 1.807) is 0 Å². The molecule has 1 aliphatic heterocycles. The number of aliphatic hydroxyl groups is 1. The van der Waals surface area contributed by atoms with E-state index in [-0.39, 0.29) is 18.7 Å². The highest BCUT2D eigenvalue weighted by Gasteiger charge is 2.45. The van der Waals surface area contributed by atoms with Crippen molar-refractivity contribution in [2.75, 3.05) is 32.8 Å². The van der Waals surface area contributed by atoms with Gasteiger partial charge in [0.2, 0.25) is 0 Å². The van der Waals surface area contributed by atoms with Gasteiger partial charge in [-0.05, 0) is 17.7 Å². The van der Waals surface area contributed by atoms with Gasteiger partial charge < -0.3 is 10.4 Å². The highest BCUT2D eigenvalue weighted by molar-refractivity contribution is 6.31. The lowest BCUT2D eigenvalue weighted by Gasteiger charge is -2.39. The Labute approximate surface area is 135 Å². The van der Waals surface area contributed by atoms with Gasteiger partial charge in [0.05, 0.1) is 10.6 Å². The fourth-order valence-corrected chi connectivity index (χ4v) is 2.90. The predicted octanol–water partition coefficient (Wildman–Crippen LogP) is 2.93. The van der Waals surface area contributed by atoms with E-state index in [9.17, 15) is 22.0 Å². The standard InChI is InChI=1S/C14H16ClF5N2O/c15-11-2-1-9(7-10(11)14(18,19)20)12(13(16,17)8-23)22-5-3-21-4-6-22/h1-2,7,12,21,23H,3-6,8H2/t12-/m0/s1. The maximum Gasteiger partial charge on any atom is 0.417 e. The van der Waals surface area contributed by atoms with E-state index in [0.29, 0.717) is 19.2 Å². The first kappa shape index (κ1) is 18.4. The van der Waals surface area contributed by atoms with Crippen LogP contribution in [0.1, 0.15) is 17.2 Å². The molecule has 1 aliphatic rings. The van der Waals surface area contributed by atoms with E-state index in [0.717, 1.165) is 12.1 Å². The summed E-state index contributed by atoms with van der Waals surface area (Å²) < 4.78 is 67.3. The molecule has 2 N–H and O–H groups in total. The highest BCUT2D eigenvalue weighted by Crippen LogP contribution is 2.41. The van der Waals surface area contributed by atoms with Gasteiger partial charge in [-0.2, -0.15) is 13.2 Å². The van der Waals surface area contributed by atoms with Crippen molar-refractivity contribution >= 4 is 11.6 Å². The molecule has 0 bridgehead atoms. The van der Waals surface area contributed by atoms with Gasteiger partial charge in [0.15, 0.2) is 0 Å². The minimum atomic E-state index is -4.74. The number of nitrogens with zero attached hydrogens (tertiary/aromatic N) is 1. The molecule has 0 unspecified atom stereocenters. The molecule has 1 aromatic rings. The zero-order valence-corrected chi connectivity index (χ0v) is 12.8. The number of alkyl halides is 5. The molecule has 1 heterocycles. The molecule has 1 atom stereocenters. The third-order valence-electron chi connectivity index (χ3n) is 3.74. The van der Waals surface area contributed by atoms with E-state index in [1.165, 1.54) is 4.90 Å². The first-order valence-electron chi connectivity index (χ1n) is 6.97. The number of halogens is 6. The van der Waals surface area contributed by atoms with Gasteiger partial charge >= 0.3 is 6.18 Å². The van der Waals surface area contributed by atoms with Gasteiger partial charge in [-0.15, -0.1) is 0 Å². The number of hydrogen-bond donors (Lipinski definition) is 2. The Bertz CT molecular complexity index is 546. The van der Waals surface area contributed by atoms with Crippen molar-refractivity contribution in [1.82, 2.24) is 10.2 Å². The predicted molar refractivity (Wildman–Crippen MR) is 75.7 cm³/mol. The zero-order chi connectivity index (χ0) is 17.3. The average Bonchev–Trinajstić information content (AvgIpc) is 2.49. The van der Waals surface area contributed by atoms with Crippen LogP contribution in [-0.4, -0.2) is 48.7 Å². The molecule has 0 aromatic heterocycles.